The predicted molar refractivity (Wildman–Crippen MR) is 343 cm³/mol. The number of rotatable bonds is 42. The van der Waals surface area contributed by atoms with Gasteiger partial charge >= 0.3 is 26.4 Å². The molecule has 6 aliphatic rings. The van der Waals surface area contributed by atoms with Crippen molar-refractivity contribution < 1.29 is 39.8 Å². The minimum atomic E-state index is -3.05. The Bertz CT molecular complexity index is 1410. The van der Waals surface area contributed by atoms with E-state index in [0.717, 1.165) is 42.9 Å². The van der Waals surface area contributed by atoms with E-state index in [1.165, 1.54) is 83.5 Å². The summed E-state index contributed by atoms with van der Waals surface area (Å²) in [7, 11) is 15.2. The van der Waals surface area contributed by atoms with Crippen LogP contribution in [0.5, 0.6) is 0 Å². The highest BCUT2D eigenvalue weighted by molar-refractivity contribution is 9.32. The zero-order chi connectivity index (χ0) is 52.6. The quantitative estimate of drug-likeness (QED) is 0.0251. The zero-order valence-corrected chi connectivity index (χ0v) is 59.2. The van der Waals surface area contributed by atoms with Crippen molar-refractivity contribution in [3.63, 3.8) is 0 Å². The minimum absolute atomic E-state index is 0.149. The van der Waals surface area contributed by atoms with Crippen molar-refractivity contribution in [1.29, 1.82) is 0 Å². The van der Waals surface area contributed by atoms with Gasteiger partial charge in [-0.3, -0.25) is 0 Å². The Morgan fingerprint density at radius 1 is 0.411 bits per heavy atom. The monoisotopic (exact) mass is 1290 g/mol. The summed E-state index contributed by atoms with van der Waals surface area (Å²) in [5.74, 6) is 4.97. The number of fused-ring (bicyclic) bond motifs is 6. The fourth-order valence-corrected chi connectivity index (χ4v) is 61.1. The first-order chi connectivity index (χ1) is 35.3. The summed E-state index contributed by atoms with van der Waals surface area (Å²) in [6.07, 6.45) is 19.7. The number of hydrogen-bond acceptors (Lipinski definition) is 21. The third-order valence-corrected chi connectivity index (χ3v) is 56.8. The molecule has 6 rings (SSSR count). The van der Waals surface area contributed by atoms with E-state index in [4.69, 9.17) is 39.8 Å². The van der Waals surface area contributed by atoms with Crippen LogP contribution in [0.4, 0.5) is 0 Å². The highest BCUT2D eigenvalue weighted by atomic mass is 33.7. The molecule has 0 aromatic heterocycles. The second-order valence-electron chi connectivity index (χ2n) is 20.8. The summed E-state index contributed by atoms with van der Waals surface area (Å²) in [5, 5.41) is 0. The molecule has 6 bridgehead atoms. The highest BCUT2D eigenvalue weighted by Gasteiger charge is 2.73. The Morgan fingerprint density at radius 3 is 0.918 bits per heavy atom. The second-order valence-corrected chi connectivity index (χ2v) is 50.0. The Kier molecular flexibility index (Phi) is 29.3. The van der Waals surface area contributed by atoms with Gasteiger partial charge in [0, 0.05) is 59.5 Å². The van der Waals surface area contributed by atoms with Gasteiger partial charge in [-0.1, -0.05) is 124 Å². The van der Waals surface area contributed by atoms with Crippen LogP contribution in [0.15, 0.2) is 0 Å². The first kappa shape index (κ1) is 66.6. The van der Waals surface area contributed by atoms with Gasteiger partial charge in [0.1, 0.15) is 16.5 Å². The van der Waals surface area contributed by atoms with Gasteiger partial charge in [0.2, 0.25) is 0 Å². The highest BCUT2D eigenvalue weighted by Crippen LogP contribution is 2.75. The molecule has 11 unspecified atom stereocenters. The Labute approximate surface area is 494 Å². The van der Waals surface area contributed by atoms with Crippen molar-refractivity contribution in [1.82, 2.24) is 0 Å². The van der Waals surface area contributed by atoms with E-state index in [-0.39, 0.29) is 16.5 Å². The van der Waals surface area contributed by atoms with Gasteiger partial charge in [0.05, 0.1) is 0 Å². The smallest absolute Gasteiger partial charge is 0.373 e. The van der Waals surface area contributed by atoms with E-state index in [9.17, 15) is 0 Å². The van der Waals surface area contributed by atoms with Gasteiger partial charge in [0.15, 0.2) is 0 Å². The summed E-state index contributed by atoms with van der Waals surface area (Å²) in [4.78, 5) is 0. The lowest BCUT2D eigenvalue weighted by atomic mass is 9.98. The van der Waals surface area contributed by atoms with Crippen molar-refractivity contribution in [2.75, 3.05) is 59.5 Å². The molecule has 0 N–H and O–H groups in total. The molecule has 0 spiro atoms. The summed E-state index contributed by atoms with van der Waals surface area (Å²) < 4.78 is 60.9. The van der Waals surface area contributed by atoms with Crippen LogP contribution in [-0.2, 0) is 39.8 Å². The molecule has 9 nitrogen and oxygen atoms in total. The third-order valence-electron chi connectivity index (χ3n) is 16.7. The molecule has 6 fully saturated rings. The van der Waals surface area contributed by atoms with Gasteiger partial charge in [-0.2, -0.15) is 0 Å². The summed E-state index contributed by atoms with van der Waals surface area (Å²) in [6.45, 7) is 31.9. The summed E-state index contributed by atoms with van der Waals surface area (Å²) in [5.41, 5.74) is 0. The first-order valence-electron chi connectivity index (χ1n) is 28.2. The first-order valence-corrected chi connectivity index (χ1v) is 47.8. The summed E-state index contributed by atoms with van der Waals surface area (Å²) >= 11 is 0. The molecule has 0 amide bonds. The maximum Gasteiger partial charge on any atom is 0.519 e. The summed E-state index contributed by atoms with van der Waals surface area (Å²) in [6, 6.07) is 0. The molecule has 0 aromatic rings. The van der Waals surface area contributed by atoms with Crippen molar-refractivity contribution in [2.45, 2.75) is 202 Å². The van der Waals surface area contributed by atoms with Gasteiger partial charge < -0.3 is 39.8 Å². The standard InChI is InChI=1S/C49H94O9S12Si3/c1-13-38(11)24-23-25-39(12)49(62-68-65-59-46(35-40-26-29-43(46)32-40)71(50-14-2,51-15-3)52-16-4,63-69-66-60-47(36-41-27-30-44(47)33-41)72(53-17-5,54-18-6)55-19-7)64-70-67-61-48(37-42-28-31-45(48)34-42)73(56-20-8,57-21-9)58-22-10/h38-45H,13-37H2,1-12H3. The largest absolute Gasteiger partial charge is 0.519 e. The molecule has 428 valence electrons. The van der Waals surface area contributed by atoms with Crippen LogP contribution >= 0.6 is 124 Å². The van der Waals surface area contributed by atoms with Crippen LogP contribution in [0.25, 0.3) is 0 Å². The van der Waals surface area contributed by atoms with Crippen LogP contribution in [0.1, 0.15) is 186 Å². The molecular weight excluding hydrogens is 1200 g/mol. The second kappa shape index (κ2) is 32.1. The molecule has 6 saturated carbocycles. The molecule has 0 radical (unpaired) electrons. The van der Waals surface area contributed by atoms with E-state index in [1.54, 1.807) is 0 Å². The molecule has 11 atom stereocenters. The van der Waals surface area contributed by atoms with Crippen LogP contribution < -0.4 is 0 Å². The van der Waals surface area contributed by atoms with E-state index < -0.39 is 26.4 Å². The SMILES string of the molecule is CCO[Si](OCC)(OCC)C1(SSSSC(SSSSC2([Si](OCC)(OCC)OCC)CC3CCC2C3)(SSSSC2([Si](OCC)(OCC)OCC)CC3CCC2C3)C(C)CCCC(C)CC)CC2CCC1C2. The Morgan fingerprint density at radius 2 is 0.699 bits per heavy atom. The van der Waals surface area contributed by atoms with Crippen molar-refractivity contribution in [3.8, 4) is 0 Å². The molecule has 0 aliphatic heterocycles. The maximum absolute atomic E-state index is 6.84. The topological polar surface area (TPSA) is 83.1 Å². The molecule has 0 heterocycles. The average Bonchev–Trinajstić information content (AvgIpc) is 4.27. The van der Waals surface area contributed by atoms with Gasteiger partial charge in [0.25, 0.3) is 0 Å². The van der Waals surface area contributed by atoms with Crippen LogP contribution in [-0.4, -0.2) is 102 Å². The lowest BCUT2D eigenvalue weighted by Gasteiger charge is -2.47. The predicted octanol–water partition coefficient (Wildman–Crippen LogP) is 19.0. The third kappa shape index (κ3) is 15.0. The molecular formula is C49H94O9S12Si3. The average molecular weight is 1300 g/mol. The molecule has 0 saturated heterocycles. The lowest BCUT2D eigenvalue weighted by Crippen LogP contribution is -2.65. The molecule has 0 aromatic carbocycles. The minimum Gasteiger partial charge on any atom is -0.373 e. The normalized spacial score (nSPS) is 31.6. The van der Waals surface area contributed by atoms with Crippen LogP contribution in [0.3, 0.4) is 0 Å². The molecule has 6 aliphatic carbocycles. The van der Waals surface area contributed by atoms with Gasteiger partial charge in [-0.05, 0) is 233 Å². The maximum atomic E-state index is 6.84. The molecule has 24 heteroatoms. The van der Waals surface area contributed by atoms with Crippen molar-refractivity contribution >= 4 is 150 Å². The molecule has 73 heavy (non-hydrogen) atoms. The zero-order valence-electron chi connectivity index (χ0n) is 46.4. The van der Waals surface area contributed by atoms with E-state index in [2.05, 4.69) is 148 Å². The van der Waals surface area contributed by atoms with Crippen LogP contribution in [0, 0.1) is 47.3 Å². The van der Waals surface area contributed by atoms with Crippen molar-refractivity contribution in [3.05, 3.63) is 0 Å². The fraction of sp³-hybridized carbons (Fsp3) is 1.00. The fourth-order valence-electron chi connectivity index (χ4n) is 13.5. The Hall–Kier alpha value is 4.49. The van der Waals surface area contributed by atoms with Gasteiger partial charge in [-0.15, -0.1) is 0 Å². The van der Waals surface area contributed by atoms with E-state index in [1.807, 2.05) is 59.0 Å². The van der Waals surface area contributed by atoms with E-state index >= 15 is 0 Å². The van der Waals surface area contributed by atoms with Gasteiger partial charge in [-0.25, -0.2) is 0 Å². The Balaban J connectivity index is 1.31. The van der Waals surface area contributed by atoms with E-state index in [0.29, 0.717) is 83.1 Å². The number of hydrogen-bond donors (Lipinski definition) is 0. The van der Waals surface area contributed by atoms with Crippen LogP contribution in [0.2, 0.25) is 0 Å². The van der Waals surface area contributed by atoms with Crippen molar-refractivity contribution in [2.24, 2.45) is 47.3 Å². The lowest BCUT2D eigenvalue weighted by molar-refractivity contribution is 0.0494.